The topological polar surface area (TPSA) is 84.7 Å². The quantitative estimate of drug-likeness (QED) is 0.506. The Morgan fingerprint density at radius 2 is 2.00 bits per heavy atom. The summed E-state index contributed by atoms with van der Waals surface area (Å²) in [5.41, 5.74) is 10.3. The Bertz CT molecular complexity index is 240. The predicted molar refractivity (Wildman–Crippen MR) is 60.3 cm³/mol. The zero-order valence-electron chi connectivity index (χ0n) is 9.28. The van der Waals surface area contributed by atoms with Gasteiger partial charge in [0.05, 0.1) is 0 Å². The number of nitrogens with two attached hydrogens (primary N) is 2. The first-order chi connectivity index (χ1) is 7.13. The summed E-state index contributed by atoms with van der Waals surface area (Å²) < 4.78 is 0. The lowest BCUT2D eigenvalue weighted by molar-refractivity contribution is -0.131. The molecule has 5 nitrogen and oxygen atoms in total. The largest absolute Gasteiger partial charge is 0.370 e. The molecule has 1 heterocycles. The van der Waals surface area contributed by atoms with Gasteiger partial charge < -0.3 is 16.4 Å². The Kier molecular flexibility index (Phi) is 4.39. The molecule has 0 radical (unpaired) electrons. The van der Waals surface area contributed by atoms with Gasteiger partial charge in [-0.05, 0) is 18.8 Å². The molecule has 1 rings (SSSR count). The fourth-order valence-corrected chi connectivity index (χ4v) is 1.85. The average Bonchev–Trinajstić information content (AvgIpc) is 2.26. The minimum Gasteiger partial charge on any atom is -0.370 e. The summed E-state index contributed by atoms with van der Waals surface area (Å²) in [6, 6.07) is 0. The van der Waals surface area contributed by atoms with Crippen molar-refractivity contribution in [3.8, 4) is 0 Å². The molecular weight excluding hydrogens is 192 g/mol. The molecule has 0 atom stereocenters. The Hall–Kier alpha value is -1.26. The van der Waals surface area contributed by atoms with Gasteiger partial charge in [0, 0.05) is 13.1 Å². The lowest BCUT2D eigenvalue weighted by Crippen LogP contribution is -2.40. The first-order valence-corrected chi connectivity index (χ1v) is 5.46. The van der Waals surface area contributed by atoms with Crippen LogP contribution in [-0.4, -0.2) is 36.4 Å². The van der Waals surface area contributed by atoms with Crippen molar-refractivity contribution < 1.29 is 4.79 Å². The van der Waals surface area contributed by atoms with Gasteiger partial charge in [-0.1, -0.05) is 13.3 Å². The predicted octanol–water partition coefficient (Wildman–Crippen LogP) is -0.0916. The highest BCUT2D eigenvalue weighted by Gasteiger charge is 2.20. The van der Waals surface area contributed by atoms with Gasteiger partial charge in [0.15, 0.2) is 5.96 Å². The molecule has 4 N–H and O–H groups in total. The van der Waals surface area contributed by atoms with Crippen molar-refractivity contribution in [1.82, 2.24) is 4.90 Å². The van der Waals surface area contributed by atoms with E-state index in [9.17, 15) is 4.79 Å². The first-order valence-electron chi connectivity index (χ1n) is 5.46. The van der Waals surface area contributed by atoms with Crippen LogP contribution in [0, 0.1) is 5.92 Å². The summed E-state index contributed by atoms with van der Waals surface area (Å²) in [6.45, 7) is 3.97. The van der Waals surface area contributed by atoms with Crippen molar-refractivity contribution in [3.05, 3.63) is 0 Å². The number of carbonyl (C=O) groups excluding carboxylic acids is 1. The number of amides is 1. The average molecular weight is 212 g/mol. The molecule has 1 aliphatic rings. The smallest absolute Gasteiger partial charge is 0.244 e. The maximum atomic E-state index is 11.6. The van der Waals surface area contributed by atoms with Gasteiger partial charge in [0.25, 0.3) is 0 Å². The molecule has 0 spiro atoms. The van der Waals surface area contributed by atoms with E-state index in [1.807, 2.05) is 4.90 Å². The van der Waals surface area contributed by atoms with Crippen LogP contribution in [0.25, 0.3) is 0 Å². The summed E-state index contributed by atoms with van der Waals surface area (Å²) >= 11 is 0. The Labute approximate surface area is 90.5 Å². The van der Waals surface area contributed by atoms with E-state index >= 15 is 0 Å². The Morgan fingerprint density at radius 3 is 2.47 bits per heavy atom. The van der Waals surface area contributed by atoms with Crippen LogP contribution in [0.5, 0.6) is 0 Å². The van der Waals surface area contributed by atoms with Crippen LogP contribution >= 0.6 is 0 Å². The van der Waals surface area contributed by atoms with E-state index < -0.39 is 0 Å². The number of piperidine rings is 1. The van der Waals surface area contributed by atoms with Gasteiger partial charge in [-0.25, -0.2) is 4.99 Å². The van der Waals surface area contributed by atoms with Gasteiger partial charge in [0.2, 0.25) is 5.91 Å². The van der Waals surface area contributed by atoms with Gasteiger partial charge in [-0.3, -0.25) is 4.79 Å². The molecular formula is C10H20N4O. The standard InChI is InChI=1S/C10H20N4O/c1-2-8-3-5-14(6-4-8)9(15)7-13-10(11)12/h8H,2-7H2,1H3,(H4,11,12,13). The van der Waals surface area contributed by atoms with Crippen LogP contribution in [0.15, 0.2) is 4.99 Å². The number of likely N-dealkylation sites (tertiary alicyclic amines) is 1. The SMILES string of the molecule is CCC1CCN(C(=O)CN=C(N)N)CC1. The highest BCUT2D eigenvalue weighted by atomic mass is 16.2. The third kappa shape index (κ3) is 3.77. The van der Waals surface area contributed by atoms with Gasteiger partial charge in [-0.15, -0.1) is 0 Å². The van der Waals surface area contributed by atoms with Crippen molar-refractivity contribution >= 4 is 11.9 Å². The lowest BCUT2D eigenvalue weighted by Gasteiger charge is -2.31. The molecule has 0 saturated carbocycles. The molecule has 0 aromatic carbocycles. The van der Waals surface area contributed by atoms with Crippen molar-refractivity contribution in [1.29, 1.82) is 0 Å². The van der Waals surface area contributed by atoms with E-state index in [1.54, 1.807) is 0 Å². The molecule has 5 heteroatoms. The van der Waals surface area contributed by atoms with Crippen molar-refractivity contribution in [2.45, 2.75) is 26.2 Å². The fraction of sp³-hybridized carbons (Fsp3) is 0.800. The number of aliphatic imine (C=N–C) groups is 1. The van der Waals surface area contributed by atoms with E-state index in [4.69, 9.17) is 11.5 Å². The molecule has 0 aromatic heterocycles. The summed E-state index contributed by atoms with van der Waals surface area (Å²) in [7, 11) is 0. The molecule has 15 heavy (non-hydrogen) atoms. The summed E-state index contributed by atoms with van der Waals surface area (Å²) in [5, 5.41) is 0. The number of hydrogen-bond donors (Lipinski definition) is 2. The zero-order chi connectivity index (χ0) is 11.3. The highest BCUT2D eigenvalue weighted by Crippen LogP contribution is 2.19. The maximum Gasteiger partial charge on any atom is 0.244 e. The molecule has 1 amide bonds. The Balaban J connectivity index is 2.33. The molecule has 0 aromatic rings. The van der Waals surface area contributed by atoms with E-state index in [0.717, 1.165) is 31.8 Å². The number of hydrogen-bond acceptors (Lipinski definition) is 2. The minimum atomic E-state index is -0.0215. The van der Waals surface area contributed by atoms with E-state index in [0.29, 0.717) is 0 Å². The highest BCUT2D eigenvalue weighted by molar-refractivity contribution is 5.83. The first kappa shape index (κ1) is 11.8. The second kappa shape index (κ2) is 5.58. The molecule has 0 unspecified atom stereocenters. The summed E-state index contributed by atoms with van der Waals surface area (Å²) in [6.07, 6.45) is 3.41. The van der Waals surface area contributed by atoms with Crippen molar-refractivity contribution in [2.24, 2.45) is 22.4 Å². The Morgan fingerprint density at radius 1 is 1.40 bits per heavy atom. The van der Waals surface area contributed by atoms with Crippen LogP contribution in [-0.2, 0) is 4.79 Å². The number of rotatable bonds is 3. The third-order valence-corrected chi connectivity index (χ3v) is 2.94. The molecule has 1 aliphatic heterocycles. The van der Waals surface area contributed by atoms with Crippen LogP contribution in [0.2, 0.25) is 0 Å². The van der Waals surface area contributed by atoms with Gasteiger partial charge in [-0.2, -0.15) is 0 Å². The monoisotopic (exact) mass is 212 g/mol. The van der Waals surface area contributed by atoms with Crippen LogP contribution in [0.1, 0.15) is 26.2 Å². The zero-order valence-corrected chi connectivity index (χ0v) is 9.28. The number of nitrogens with zero attached hydrogens (tertiary/aromatic N) is 2. The normalized spacial score (nSPS) is 17.5. The maximum absolute atomic E-state index is 11.6. The lowest BCUT2D eigenvalue weighted by atomic mass is 9.94. The number of guanidine groups is 1. The van der Waals surface area contributed by atoms with Crippen LogP contribution < -0.4 is 11.5 Å². The van der Waals surface area contributed by atoms with E-state index in [-0.39, 0.29) is 18.4 Å². The van der Waals surface area contributed by atoms with Gasteiger partial charge >= 0.3 is 0 Å². The van der Waals surface area contributed by atoms with Gasteiger partial charge in [0.1, 0.15) is 6.54 Å². The van der Waals surface area contributed by atoms with Crippen molar-refractivity contribution in [3.63, 3.8) is 0 Å². The summed E-state index contributed by atoms with van der Waals surface area (Å²) in [5.74, 6) is 0.780. The van der Waals surface area contributed by atoms with E-state index in [2.05, 4.69) is 11.9 Å². The second-order valence-corrected chi connectivity index (χ2v) is 3.97. The fourth-order valence-electron chi connectivity index (χ4n) is 1.85. The summed E-state index contributed by atoms with van der Waals surface area (Å²) in [4.78, 5) is 17.2. The molecule has 0 aliphatic carbocycles. The van der Waals surface area contributed by atoms with Crippen molar-refractivity contribution in [2.75, 3.05) is 19.6 Å². The molecule has 1 fully saturated rings. The van der Waals surface area contributed by atoms with Crippen LogP contribution in [0.4, 0.5) is 0 Å². The van der Waals surface area contributed by atoms with Crippen LogP contribution in [0.3, 0.4) is 0 Å². The molecule has 86 valence electrons. The van der Waals surface area contributed by atoms with E-state index in [1.165, 1.54) is 6.42 Å². The molecule has 1 saturated heterocycles. The second-order valence-electron chi connectivity index (χ2n) is 3.97. The molecule has 0 bridgehead atoms. The third-order valence-electron chi connectivity index (χ3n) is 2.94. The number of carbonyl (C=O) groups is 1. The minimum absolute atomic E-state index is 0.0215.